The van der Waals surface area contributed by atoms with Crippen molar-refractivity contribution >= 4 is 11.9 Å². The van der Waals surface area contributed by atoms with Crippen molar-refractivity contribution in [3.05, 3.63) is 59.2 Å². The minimum Gasteiger partial charge on any atom is -0.478 e. The third kappa shape index (κ3) is 3.50. The number of aliphatic hydroxyl groups is 1. The molecule has 116 valence electrons. The molecule has 1 unspecified atom stereocenters. The van der Waals surface area contributed by atoms with Crippen LogP contribution in [-0.2, 0) is 16.1 Å². The summed E-state index contributed by atoms with van der Waals surface area (Å²) in [6.07, 6.45) is 1.10. The molecule has 1 aromatic rings. The normalized spacial score (nSPS) is 17.6. The first-order valence-corrected chi connectivity index (χ1v) is 6.48. The molecule has 1 amide bonds. The highest BCUT2D eigenvalue weighted by atomic mass is 19.1. The molecule has 0 aliphatic carbocycles. The van der Waals surface area contributed by atoms with E-state index in [1.54, 1.807) is 7.05 Å². The van der Waals surface area contributed by atoms with Crippen LogP contribution in [0.4, 0.5) is 4.39 Å². The fraction of sp³-hybridized carbons (Fsp3) is 0.200. The van der Waals surface area contributed by atoms with Gasteiger partial charge in [-0.2, -0.15) is 0 Å². The van der Waals surface area contributed by atoms with Crippen molar-refractivity contribution in [3.8, 4) is 0 Å². The summed E-state index contributed by atoms with van der Waals surface area (Å²) < 4.78 is 12.8. The number of hydrogen-bond acceptors (Lipinski definition) is 4. The van der Waals surface area contributed by atoms with Gasteiger partial charge in [0, 0.05) is 26.0 Å². The van der Waals surface area contributed by atoms with Gasteiger partial charge in [-0.25, -0.2) is 9.18 Å². The monoisotopic (exact) mass is 306 g/mol. The fourth-order valence-electron chi connectivity index (χ4n) is 2.03. The van der Waals surface area contributed by atoms with Crippen molar-refractivity contribution in [3.63, 3.8) is 0 Å². The third-order valence-corrected chi connectivity index (χ3v) is 3.15. The summed E-state index contributed by atoms with van der Waals surface area (Å²) in [4.78, 5) is 24.5. The number of nitrogens with one attached hydrogen (secondary N) is 1. The number of hydrogen-bond donors (Lipinski definition) is 3. The first-order valence-electron chi connectivity index (χ1n) is 6.48. The summed E-state index contributed by atoms with van der Waals surface area (Å²) in [6, 6.07) is 5.59. The Morgan fingerprint density at radius 3 is 2.41 bits per heavy atom. The van der Waals surface area contributed by atoms with Crippen LogP contribution in [0.15, 0.2) is 47.8 Å². The lowest BCUT2D eigenvalue weighted by Crippen LogP contribution is -2.36. The zero-order valence-corrected chi connectivity index (χ0v) is 11.8. The molecule has 0 saturated carbocycles. The van der Waals surface area contributed by atoms with Gasteiger partial charge in [0.1, 0.15) is 11.9 Å². The molecular formula is C15H15FN2O4. The van der Waals surface area contributed by atoms with Gasteiger partial charge < -0.3 is 20.4 Å². The SMILES string of the molecule is CN1C=C(C(=O)O)C(O)C(C(=O)NCc2ccc(F)cc2)=C1. The van der Waals surface area contributed by atoms with Crippen molar-refractivity contribution in [2.75, 3.05) is 7.05 Å². The number of rotatable bonds is 4. The molecule has 0 spiro atoms. The minimum atomic E-state index is -1.50. The predicted octanol–water partition coefficient (Wildman–Crippen LogP) is 0.601. The van der Waals surface area contributed by atoms with Gasteiger partial charge in [0.2, 0.25) is 0 Å². The summed E-state index contributed by atoms with van der Waals surface area (Å²) in [6.45, 7) is 0.138. The van der Waals surface area contributed by atoms with E-state index >= 15 is 0 Å². The molecule has 2 rings (SSSR count). The second-order valence-corrected chi connectivity index (χ2v) is 4.85. The van der Waals surface area contributed by atoms with E-state index in [-0.39, 0.29) is 23.5 Å². The Kier molecular flexibility index (Phi) is 4.57. The lowest BCUT2D eigenvalue weighted by atomic mass is 9.99. The van der Waals surface area contributed by atoms with E-state index in [2.05, 4.69) is 5.32 Å². The second-order valence-electron chi connectivity index (χ2n) is 4.85. The molecule has 1 aliphatic rings. The summed E-state index contributed by atoms with van der Waals surface area (Å²) in [5.41, 5.74) is 0.337. The topological polar surface area (TPSA) is 89.9 Å². The summed E-state index contributed by atoms with van der Waals surface area (Å²) in [5, 5.41) is 21.5. The Morgan fingerprint density at radius 1 is 1.23 bits per heavy atom. The van der Waals surface area contributed by atoms with Crippen LogP contribution >= 0.6 is 0 Å². The maximum Gasteiger partial charge on any atom is 0.336 e. The Labute approximate surface area is 126 Å². The van der Waals surface area contributed by atoms with Crippen LogP contribution < -0.4 is 5.32 Å². The number of halogens is 1. The van der Waals surface area contributed by atoms with Crippen molar-refractivity contribution in [2.24, 2.45) is 0 Å². The molecule has 7 heteroatoms. The molecule has 0 radical (unpaired) electrons. The van der Waals surface area contributed by atoms with E-state index in [1.807, 2.05) is 0 Å². The molecule has 1 aliphatic heterocycles. The predicted molar refractivity (Wildman–Crippen MR) is 75.8 cm³/mol. The number of carboxylic acid groups (broad SMARTS) is 1. The summed E-state index contributed by atoms with van der Waals surface area (Å²) in [7, 11) is 1.56. The number of benzene rings is 1. The lowest BCUT2D eigenvalue weighted by molar-refractivity contribution is -0.133. The van der Waals surface area contributed by atoms with Crippen LogP contribution in [0.25, 0.3) is 0 Å². The van der Waals surface area contributed by atoms with Gasteiger partial charge in [-0.15, -0.1) is 0 Å². The number of amides is 1. The first kappa shape index (κ1) is 15.7. The van der Waals surface area contributed by atoms with E-state index in [1.165, 1.54) is 41.6 Å². The Balaban J connectivity index is 2.06. The average molecular weight is 306 g/mol. The molecule has 6 nitrogen and oxygen atoms in total. The number of nitrogens with zero attached hydrogens (tertiary/aromatic N) is 1. The molecule has 0 saturated heterocycles. The smallest absolute Gasteiger partial charge is 0.336 e. The van der Waals surface area contributed by atoms with E-state index in [4.69, 9.17) is 5.11 Å². The van der Waals surface area contributed by atoms with Crippen LogP contribution in [0.2, 0.25) is 0 Å². The summed E-state index contributed by atoms with van der Waals surface area (Å²) in [5.74, 6) is -2.26. The van der Waals surface area contributed by atoms with Crippen molar-refractivity contribution < 1.29 is 24.2 Å². The minimum absolute atomic E-state index is 0.0653. The third-order valence-electron chi connectivity index (χ3n) is 3.15. The number of carboxylic acids is 1. The highest BCUT2D eigenvalue weighted by molar-refractivity contribution is 5.99. The van der Waals surface area contributed by atoms with Crippen molar-refractivity contribution in [1.29, 1.82) is 0 Å². The first-order chi connectivity index (χ1) is 10.4. The van der Waals surface area contributed by atoms with Crippen LogP contribution in [0, 0.1) is 5.82 Å². The molecule has 1 aromatic carbocycles. The Bertz CT molecular complexity index is 652. The zero-order chi connectivity index (χ0) is 16.3. The largest absolute Gasteiger partial charge is 0.478 e. The maximum absolute atomic E-state index is 12.8. The van der Waals surface area contributed by atoms with E-state index in [9.17, 15) is 19.1 Å². The standard InChI is InChI=1S/C15H15FN2O4/c1-18-7-11(13(19)12(8-18)15(21)22)14(20)17-6-9-2-4-10(16)5-3-9/h2-5,7-8,13,19H,6H2,1H3,(H,17,20)(H,21,22). The van der Waals surface area contributed by atoms with Gasteiger partial charge in [-0.3, -0.25) is 4.79 Å². The maximum atomic E-state index is 12.8. The molecule has 1 heterocycles. The highest BCUT2D eigenvalue weighted by Crippen LogP contribution is 2.19. The van der Waals surface area contributed by atoms with Crippen LogP contribution in [0.3, 0.4) is 0 Å². The summed E-state index contributed by atoms with van der Waals surface area (Å²) >= 11 is 0. The van der Waals surface area contributed by atoms with E-state index in [0.717, 1.165) is 0 Å². The van der Waals surface area contributed by atoms with Gasteiger partial charge in [-0.05, 0) is 17.7 Å². The fourth-order valence-corrected chi connectivity index (χ4v) is 2.03. The molecule has 3 N–H and O–H groups in total. The highest BCUT2D eigenvalue weighted by Gasteiger charge is 2.30. The molecule has 22 heavy (non-hydrogen) atoms. The zero-order valence-electron chi connectivity index (χ0n) is 11.8. The lowest BCUT2D eigenvalue weighted by Gasteiger charge is -2.24. The van der Waals surface area contributed by atoms with Crippen LogP contribution in [0.5, 0.6) is 0 Å². The van der Waals surface area contributed by atoms with Gasteiger partial charge >= 0.3 is 5.97 Å². The Morgan fingerprint density at radius 2 is 1.82 bits per heavy atom. The Hall–Kier alpha value is -2.67. The number of carbonyl (C=O) groups is 2. The van der Waals surface area contributed by atoms with Crippen molar-refractivity contribution in [1.82, 2.24) is 10.2 Å². The van der Waals surface area contributed by atoms with Gasteiger partial charge in [0.15, 0.2) is 0 Å². The molecule has 0 aromatic heterocycles. The van der Waals surface area contributed by atoms with E-state index < -0.39 is 18.0 Å². The second kappa shape index (κ2) is 6.40. The van der Waals surface area contributed by atoms with Crippen molar-refractivity contribution in [2.45, 2.75) is 12.6 Å². The van der Waals surface area contributed by atoms with Gasteiger partial charge in [0.25, 0.3) is 5.91 Å². The number of carbonyl (C=O) groups excluding carboxylic acids is 1. The average Bonchev–Trinajstić information content (AvgIpc) is 2.48. The van der Waals surface area contributed by atoms with Crippen LogP contribution in [0.1, 0.15) is 5.56 Å². The van der Waals surface area contributed by atoms with E-state index in [0.29, 0.717) is 5.56 Å². The van der Waals surface area contributed by atoms with Gasteiger partial charge in [0.05, 0.1) is 11.1 Å². The molecular weight excluding hydrogens is 291 g/mol. The number of aliphatic carboxylic acids is 1. The van der Waals surface area contributed by atoms with Crippen LogP contribution in [-0.4, -0.2) is 40.1 Å². The van der Waals surface area contributed by atoms with Gasteiger partial charge in [-0.1, -0.05) is 12.1 Å². The molecule has 0 bridgehead atoms. The number of aliphatic hydroxyl groups excluding tert-OH is 1. The molecule has 0 fully saturated rings. The quantitative estimate of drug-likeness (QED) is 0.758. The molecule has 1 atom stereocenters.